The molecule has 0 saturated carbocycles. The molecule has 0 saturated heterocycles. The lowest BCUT2D eigenvalue weighted by atomic mass is 10.0. The Labute approximate surface area is 222 Å². The molecule has 3 aromatic rings. The van der Waals surface area contributed by atoms with Crippen LogP contribution in [0.5, 0.6) is 0 Å². The molecule has 0 aliphatic carbocycles. The fourth-order valence-corrected chi connectivity index (χ4v) is 4.13. The van der Waals surface area contributed by atoms with Crippen molar-refractivity contribution < 1.29 is 23.9 Å². The largest absolute Gasteiger partial charge is 0.445 e. The summed E-state index contributed by atoms with van der Waals surface area (Å²) >= 11 is 0. The van der Waals surface area contributed by atoms with Gasteiger partial charge in [0.05, 0.1) is 6.04 Å². The normalized spacial score (nSPS) is 12.5. The third kappa shape index (κ3) is 8.19. The average molecular weight is 521 g/mol. The summed E-state index contributed by atoms with van der Waals surface area (Å²) in [5.74, 6) is -1.94. The van der Waals surface area contributed by atoms with E-state index < -0.39 is 35.8 Å². The lowest BCUT2D eigenvalue weighted by molar-refractivity contribution is -0.140. The number of amides is 3. The third-order valence-corrected chi connectivity index (χ3v) is 6.15. The van der Waals surface area contributed by atoms with Gasteiger partial charge in [-0.3, -0.25) is 14.4 Å². The van der Waals surface area contributed by atoms with Crippen molar-refractivity contribution in [1.29, 1.82) is 0 Å². The van der Waals surface area contributed by atoms with Crippen LogP contribution in [0.2, 0.25) is 0 Å². The number of alkyl carbamates (subject to hydrolysis) is 1. The average Bonchev–Trinajstić information content (AvgIpc) is 3.33. The molecule has 1 aromatic heterocycles. The van der Waals surface area contributed by atoms with E-state index in [2.05, 4.69) is 20.9 Å². The molecule has 3 rings (SSSR count). The third-order valence-electron chi connectivity index (χ3n) is 6.15. The number of fused-ring (bicyclic) bond motifs is 1. The van der Waals surface area contributed by atoms with Gasteiger partial charge in [0.15, 0.2) is 0 Å². The van der Waals surface area contributed by atoms with Gasteiger partial charge in [-0.1, -0.05) is 69.3 Å². The number of H-pyrrole nitrogens is 1. The zero-order valence-corrected chi connectivity index (χ0v) is 22.1. The fourth-order valence-electron chi connectivity index (χ4n) is 4.13. The smallest absolute Gasteiger partial charge is 0.408 e. The van der Waals surface area contributed by atoms with Crippen molar-refractivity contribution in [2.75, 3.05) is 6.54 Å². The molecule has 202 valence electrons. The molecule has 0 radical (unpaired) electrons. The Morgan fingerprint density at radius 1 is 0.921 bits per heavy atom. The lowest BCUT2D eigenvalue weighted by Crippen LogP contribution is -2.54. The van der Waals surface area contributed by atoms with Crippen LogP contribution in [0.4, 0.5) is 4.79 Å². The van der Waals surface area contributed by atoms with Gasteiger partial charge in [0.1, 0.15) is 12.6 Å². The minimum Gasteiger partial charge on any atom is -0.445 e. The molecule has 9 nitrogen and oxygen atoms in total. The number of ether oxygens (including phenoxy) is 1. The van der Waals surface area contributed by atoms with Crippen molar-refractivity contribution in [2.45, 2.75) is 58.7 Å². The second-order valence-corrected chi connectivity index (χ2v) is 9.59. The first-order valence-corrected chi connectivity index (χ1v) is 12.9. The van der Waals surface area contributed by atoms with Crippen molar-refractivity contribution in [3.63, 3.8) is 0 Å². The maximum absolute atomic E-state index is 13.0. The van der Waals surface area contributed by atoms with Crippen LogP contribution in [-0.2, 0) is 32.1 Å². The van der Waals surface area contributed by atoms with Gasteiger partial charge in [0.2, 0.25) is 11.7 Å². The zero-order chi connectivity index (χ0) is 27.5. The highest BCUT2D eigenvalue weighted by Crippen LogP contribution is 2.17. The van der Waals surface area contributed by atoms with Crippen molar-refractivity contribution in [3.8, 4) is 0 Å². The second-order valence-electron chi connectivity index (χ2n) is 9.59. The molecule has 0 spiro atoms. The zero-order valence-electron chi connectivity index (χ0n) is 22.1. The highest BCUT2D eigenvalue weighted by atomic mass is 16.5. The number of para-hydroxylation sites is 1. The van der Waals surface area contributed by atoms with Gasteiger partial charge < -0.3 is 25.7 Å². The summed E-state index contributed by atoms with van der Waals surface area (Å²) in [6.45, 7) is 5.89. The first-order chi connectivity index (χ1) is 18.3. The molecule has 2 aromatic carbocycles. The molecule has 2 atom stereocenters. The number of benzene rings is 2. The van der Waals surface area contributed by atoms with Crippen LogP contribution in [0.25, 0.3) is 10.9 Å². The van der Waals surface area contributed by atoms with E-state index in [1.807, 2.05) is 74.6 Å². The Morgan fingerprint density at radius 2 is 1.63 bits per heavy atom. The quantitative estimate of drug-likeness (QED) is 0.256. The van der Waals surface area contributed by atoms with Gasteiger partial charge in [0.25, 0.3) is 5.91 Å². The van der Waals surface area contributed by atoms with Gasteiger partial charge in [-0.2, -0.15) is 0 Å². The predicted molar refractivity (Wildman–Crippen MR) is 145 cm³/mol. The van der Waals surface area contributed by atoms with E-state index in [0.717, 1.165) is 22.0 Å². The van der Waals surface area contributed by atoms with Crippen LogP contribution in [0, 0.1) is 5.92 Å². The highest BCUT2D eigenvalue weighted by Gasteiger charge is 2.29. The van der Waals surface area contributed by atoms with E-state index in [-0.39, 0.29) is 25.5 Å². The highest BCUT2D eigenvalue weighted by molar-refractivity contribution is 6.38. The van der Waals surface area contributed by atoms with Gasteiger partial charge in [-0.15, -0.1) is 0 Å². The van der Waals surface area contributed by atoms with Crippen LogP contribution in [0.3, 0.4) is 0 Å². The number of ketones is 1. The monoisotopic (exact) mass is 520 g/mol. The molecule has 0 bridgehead atoms. The Morgan fingerprint density at radius 3 is 2.34 bits per heavy atom. The summed E-state index contributed by atoms with van der Waals surface area (Å²) in [5.41, 5.74) is 2.86. The van der Waals surface area contributed by atoms with E-state index in [9.17, 15) is 19.2 Å². The van der Waals surface area contributed by atoms with Crippen molar-refractivity contribution in [2.24, 2.45) is 5.92 Å². The molecule has 38 heavy (non-hydrogen) atoms. The summed E-state index contributed by atoms with van der Waals surface area (Å²) in [6, 6.07) is 15.1. The molecule has 1 unspecified atom stereocenters. The molecular formula is C29H36N4O5. The molecule has 3 amide bonds. The van der Waals surface area contributed by atoms with Gasteiger partial charge >= 0.3 is 6.09 Å². The molecule has 0 aliphatic rings. The summed E-state index contributed by atoms with van der Waals surface area (Å²) in [7, 11) is 0. The number of aromatic nitrogens is 1. The van der Waals surface area contributed by atoms with Crippen LogP contribution in [-0.4, -0.2) is 47.3 Å². The predicted octanol–water partition coefficient (Wildman–Crippen LogP) is 3.63. The van der Waals surface area contributed by atoms with E-state index in [0.29, 0.717) is 12.8 Å². The van der Waals surface area contributed by atoms with Crippen LogP contribution in [0.1, 0.15) is 44.7 Å². The first kappa shape index (κ1) is 28.4. The number of rotatable bonds is 13. The van der Waals surface area contributed by atoms with Gasteiger partial charge in [-0.05, 0) is 42.4 Å². The summed E-state index contributed by atoms with van der Waals surface area (Å²) in [5, 5.41) is 8.95. The standard InChI is InChI=1S/C29H36N4O5/c1-4-23(26(34)28(36)30-15-14-21-17-31-24-13-9-8-12-22(21)24)32-27(35)25(16-19(2)3)33-29(37)38-18-20-10-6-5-7-11-20/h5-13,17,19,23,25,31H,4,14-16,18H2,1-3H3,(H,30,36)(H,32,35)(H,33,37)/t23?,25-/m0/s1. The lowest BCUT2D eigenvalue weighted by Gasteiger charge is -2.23. The SMILES string of the molecule is CCC(NC(=O)[C@H](CC(C)C)NC(=O)OCc1ccccc1)C(=O)C(=O)NCCc1c[nH]c2ccccc12. The van der Waals surface area contributed by atoms with Crippen LogP contribution in [0.15, 0.2) is 60.8 Å². The Bertz CT molecular complexity index is 1240. The van der Waals surface area contributed by atoms with Crippen molar-refractivity contribution in [3.05, 3.63) is 71.9 Å². The van der Waals surface area contributed by atoms with Gasteiger partial charge in [-0.25, -0.2) is 4.79 Å². The van der Waals surface area contributed by atoms with E-state index >= 15 is 0 Å². The number of hydrogen-bond acceptors (Lipinski definition) is 5. The second kappa shape index (κ2) is 14.0. The number of carbonyl (C=O) groups excluding carboxylic acids is 4. The molecule has 1 heterocycles. The van der Waals surface area contributed by atoms with Crippen LogP contribution < -0.4 is 16.0 Å². The molecule has 0 fully saturated rings. The Balaban J connectivity index is 1.52. The topological polar surface area (TPSA) is 129 Å². The number of Topliss-reactive ketones (excluding diaryl/α,β-unsaturated/α-hetero) is 1. The minimum atomic E-state index is -1.01. The Hall–Kier alpha value is -4.14. The van der Waals surface area contributed by atoms with Crippen molar-refractivity contribution in [1.82, 2.24) is 20.9 Å². The van der Waals surface area contributed by atoms with Crippen LogP contribution >= 0.6 is 0 Å². The summed E-state index contributed by atoms with van der Waals surface area (Å²) < 4.78 is 5.25. The maximum Gasteiger partial charge on any atom is 0.408 e. The van der Waals surface area contributed by atoms with Crippen molar-refractivity contribution >= 4 is 34.6 Å². The molecule has 9 heteroatoms. The maximum atomic E-state index is 13.0. The number of nitrogens with one attached hydrogen (secondary N) is 4. The first-order valence-electron chi connectivity index (χ1n) is 12.9. The fraction of sp³-hybridized carbons (Fsp3) is 0.379. The number of carbonyl (C=O) groups is 4. The summed E-state index contributed by atoms with van der Waals surface area (Å²) in [4.78, 5) is 53.9. The van der Waals surface area contributed by atoms with Gasteiger partial charge in [0, 0.05) is 23.6 Å². The molecular weight excluding hydrogens is 484 g/mol. The molecule has 4 N–H and O–H groups in total. The number of aromatic amines is 1. The number of hydrogen-bond donors (Lipinski definition) is 4. The van der Waals surface area contributed by atoms with E-state index in [4.69, 9.17) is 4.74 Å². The van der Waals surface area contributed by atoms with E-state index in [1.165, 1.54) is 0 Å². The summed E-state index contributed by atoms with van der Waals surface area (Å²) in [6.07, 6.45) is 2.28. The van der Waals surface area contributed by atoms with E-state index in [1.54, 1.807) is 6.92 Å². The molecule has 0 aliphatic heterocycles. The Kier molecular flexibility index (Phi) is 10.5. The minimum absolute atomic E-state index is 0.0669.